The van der Waals surface area contributed by atoms with Gasteiger partial charge in [-0.3, -0.25) is 0 Å². The zero-order chi connectivity index (χ0) is 11.8. The van der Waals surface area contributed by atoms with Crippen LogP contribution in [-0.4, -0.2) is 13.1 Å². The van der Waals surface area contributed by atoms with Gasteiger partial charge < -0.3 is 11.1 Å². The van der Waals surface area contributed by atoms with Crippen molar-refractivity contribution in [1.82, 2.24) is 0 Å². The quantitative estimate of drug-likeness (QED) is 0.704. The van der Waals surface area contributed by atoms with Gasteiger partial charge in [-0.25, -0.2) is 8.78 Å². The van der Waals surface area contributed by atoms with E-state index in [1.54, 1.807) is 0 Å². The summed E-state index contributed by atoms with van der Waals surface area (Å²) in [7, 11) is 0. The Labute approximate surface area is 94.8 Å². The van der Waals surface area contributed by atoms with Gasteiger partial charge in [-0.05, 0) is 31.5 Å². The van der Waals surface area contributed by atoms with E-state index in [0.717, 1.165) is 38.3 Å². The first-order chi connectivity index (χ1) is 7.74. The molecule has 0 aliphatic carbocycles. The summed E-state index contributed by atoms with van der Waals surface area (Å²) < 4.78 is 25.8. The molecule has 1 aromatic carbocycles. The maximum Gasteiger partial charge on any atom is 0.149 e. The van der Waals surface area contributed by atoms with Crippen molar-refractivity contribution >= 4 is 5.69 Å². The average Bonchev–Trinajstić information content (AvgIpc) is 2.26. The Morgan fingerprint density at radius 2 is 1.81 bits per heavy atom. The van der Waals surface area contributed by atoms with E-state index < -0.39 is 11.6 Å². The molecule has 0 radical (unpaired) electrons. The van der Waals surface area contributed by atoms with Gasteiger partial charge in [0.15, 0.2) is 0 Å². The Hall–Kier alpha value is -1.16. The monoisotopic (exact) mass is 228 g/mol. The number of halogens is 2. The van der Waals surface area contributed by atoms with Crippen LogP contribution < -0.4 is 11.1 Å². The number of nitrogens with one attached hydrogen (secondary N) is 1. The summed E-state index contributed by atoms with van der Waals surface area (Å²) in [6.07, 6.45) is 4.18. The molecule has 0 atom stereocenters. The first-order valence-corrected chi connectivity index (χ1v) is 5.63. The highest BCUT2D eigenvalue weighted by Gasteiger charge is 2.01. The van der Waals surface area contributed by atoms with Crippen molar-refractivity contribution in [2.45, 2.75) is 25.7 Å². The van der Waals surface area contributed by atoms with Crippen LogP contribution in [0.25, 0.3) is 0 Å². The summed E-state index contributed by atoms with van der Waals surface area (Å²) in [6, 6.07) is 3.56. The Kier molecular flexibility index (Phi) is 5.78. The van der Waals surface area contributed by atoms with Crippen LogP contribution in [-0.2, 0) is 0 Å². The van der Waals surface area contributed by atoms with E-state index in [4.69, 9.17) is 5.73 Å². The summed E-state index contributed by atoms with van der Waals surface area (Å²) in [5, 5.41) is 2.94. The van der Waals surface area contributed by atoms with Gasteiger partial charge in [0.05, 0.1) is 5.69 Å². The standard InChI is InChI=1S/C12H18F2N2/c13-10-5-6-12(11(14)9-10)16-8-4-2-1-3-7-15/h5-6,9,16H,1-4,7-8,15H2. The van der Waals surface area contributed by atoms with Crippen LogP contribution in [0.15, 0.2) is 18.2 Å². The molecule has 90 valence electrons. The summed E-state index contributed by atoms with van der Waals surface area (Å²) in [5.74, 6) is -1.09. The summed E-state index contributed by atoms with van der Waals surface area (Å²) >= 11 is 0. The fourth-order valence-corrected chi connectivity index (χ4v) is 1.48. The molecule has 1 aromatic rings. The molecular weight excluding hydrogens is 210 g/mol. The van der Waals surface area contributed by atoms with Crippen molar-refractivity contribution < 1.29 is 8.78 Å². The Balaban J connectivity index is 2.21. The van der Waals surface area contributed by atoms with Gasteiger partial charge in [-0.1, -0.05) is 12.8 Å². The SMILES string of the molecule is NCCCCCCNc1ccc(F)cc1F. The third kappa shape index (κ3) is 4.57. The van der Waals surface area contributed by atoms with E-state index in [1.165, 1.54) is 12.1 Å². The van der Waals surface area contributed by atoms with Crippen LogP contribution in [0.2, 0.25) is 0 Å². The van der Waals surface area contributed by atoms with Crippen molar-refractivity contribution in [3.63, 3.8) is 0 Å². The average molecular weight is 228 g/mol. The largest absolute Gasteiger partial charge is 0.383 e. The van der Waals surface area contributed by atoms with Gasteiger partial charge in [-0.2, -0.15) is 0 Å². The van der Waals surface area contributed by atoms with Gasteiger partial charge in [0, 0.05) is 12.6 Å². The molecule has 0 aliphatic heterocycles. The maximum atomic E-state index is 13.2. The number of unbranched alkanes of at least 4 members (excludes halogenated alkanes) is 3. The lowest BCUT2D eigenvalue weighted by Crippen LogP contribution is -2.04. The molecule has 1 rings (SSSR count). The molecule has 0 spiro atoms. The van der Waals surface area contributed by atoms with Crippen LogP contribution in [0.5, 0.6) is 0 Å². The summed E-state index contributed by atoms with van der Waals surface area (Å²) in [6.45, 7) is 1.42. The van der Waals surface area contributed by atoms with Crippen LogP contribution in [0, 0.1) is 11.6 Å². The second-order valence-corrected chi connectivity index (χ2v) is 3.75. The molecule has 0 saturated carbocycles. The van der Waals surface area contributed by atoms with E-state index in [9.17, 15) is 8.78 Å². The van der Waals surface area contributed by atoms with E-state index >= 15 is 0 Å². The number of hydrogen-bond acceptors (Lipinski definition) is 2. The molecule has 0 saturated heterocycles. The normalized spacial score (nSPS) is 10.4. The highest BCUT2D eigenvalue weighted by molar-refractivity contribution is 5.44. The second-order valence-electron chi connectivity index (χ2n) is 3.75. The number of nitrogens with two attached hydrogens (primary N) is 1. The maximum absolute atomic E-state index is 13.2. The van der Waals surface area contributed by atoms with Crippen LogP contribution >= 0.6 is 0 Å². The molecule has 0 unspecified atom stereocenters. The zero-order valence-corrected chi connectivity index (χ0v) is 9.31. The van der Waals surface area contributed by atoms with Gasteiger partial charge in [0.2, 0.25) is 0 Å². The van der Waals surface area contributed by atoms with Gasteiger partial charge >= 0.3 is 0 Å². The van der Waals surface area contributed by atoms with E-state index in [2.05, 4.69) is 5.32 Å². The fraction of sp³-hybridized carbons (Fsp3) is 0.500. The van der Waals surface area contributed by atoms with Crippen LogP contribution in [0.4, 0.5) is 14.5 Å². The molecular formula is C12H18F2N2. The molecule has 0 bridgehead atoms. The molecule has 2 nitrogen and oxygen atoms in total. The molecule has 4 heteroatoms. The van der Waals surface area contributed by atoms with Crippen LogP contribution in [0.1, 0.15) is 25.7 Å². The van der Waals surface area contributed by atoms with Crippen molar-refractivity contribution in [3.05, 3.63) is 29.8 Å². The molecule has 0 aromatic heterocycles. The molecule has 0 aliphatic rings. The molecule has 16 heavy (non-hydrogen) atoms. The fourth-order valence-electron chi connectivity index (χ4n) is 1.48. The summed E-state index contributed by atoms with van der Waals surface area (Å²) in [5.41, 5.74) is 5.73. The van der Waals surface area contributed by atoms with Gasteiger partial charge in [0.1, 0.15) is 11.6 Å². The topological polar surface area (TPSA) is 38.0 Å². The van der Waals surface area contributed by atoms with E-state index in [-0.39, 0.29) is 0 Å². The van der Waals surface area contributed by atoms with E-state index in [1.807, 2.05) is 0 Å². The lowest BCUT2D eigenvalue weighted by atomic mass is 10.2. The second kappa shape index (κ2) is 7.17. The van der Waals surface area contributed by atoms with Crippen molar-refractivity contribution in [3.8, 4) is 0 Å². The lowest BCUT2D eigenvalue weighted by Gasteiger charge is -2.07. The van der Waals surface area contributed by atoms with Crippen molar-refractivity contribution in [2.24, 2.45) is 5.73 Å². The van der Waals surface area contributed by atoms with Crippen molar-refractivity contribution in [2.75, 3.05) is 18.4 Å². The van der Waals surface area contributed by atoms with E-state index in [0.29, 0.717) is 12.2 Å². The first-order valence-electron chi connectivity index (χ1n) is 5.63. The van der Waals surface area contributed by atoms with Gasteiger partial charge in [0.25, 0.3) is 0 Å². The Bertz CT molecular complexity index is 316. The Morgan fingerprint density at radius 1 is 1.06 bits per heavy atom. The number of hydrogen-bond donors (Lipinski definition) is 2. The minimum absolute atomic E-state index is 0.361. The number of rotatable bonds is 7. The van der Waals surface area contributed by atoms with Gasteiger partial charge in [-0.15, -0.1) is 0 Å². The van der Waals surface area contributed by atoms with Crippen LogP contribution in [0.3, 0.4) is 0 Å². The highest BCUT2D eigenvalue weighted by Crippen LogP contribution is 2.14. The molecule has 0 heterocycles. The minimum atomic E-state index is -0.550. The summed E-state index contributed by atoms with van der Waals surface area (Å²) in [4.78, 5) is 0. The number of anilines is 1. The lowest BCUT2D eigenvalue weighted by molar-refractivity contribution is 0.584. The predicted octanol–water partition coefficient (Wildman–Crippen LogP) is 2.90. The predicted molar refractivity (Wildman–Crippen MR) is 62.4 cm³/mol. The molecule has 0 fully saturated rings. The zero-order valence-electron chi connectivity index (χ0n) is 9.31. The Morgan fingerprint density at radius 3 is 2.50 bits per heavy atom. The smallest absolute Gasteiger partial charge is 0.149 e. The van der Waals surface area contributed by atoms with Crippen molar-refractivity contribution in [1.29, 1.82) is 0 Å². The minimum Gasteiger partial charge on any atom is -0.383 e. The third-order valence-corrected chi connectivity index (χ3v) is 2.38. The first kappa shape index (κ1) is 12.9. The molecule has 0 amide bonds. The third-order valence-electron chi connectivity index (χ3n) is 2.38. The number of benzene rings is 1. The highest BCUT2D eigenvalue weighted by atomic mass is 19.1. The molecule has 3 N–H and O–H groups in total.